The first-order valence-corrected chi connectivity index (χ1v) is 5.71. The lowest BCUT2D eigenvalue weighted by atomic mass is 10.3. The lowest BCUT2D eigenvalue weighted by molar-refractivity contribution is 0.354. The highest BCUT2D eigenvalue weighted by molar-refractivity contribution is 8.00. The van der Waals surface area contributed by atoms with E-state index in [1.807, 2.05) is 0 Å². The second-order valence-electron chi connectivity index (χ2n) is 1.67. The van der Waals surface area contributed by atoms with Crippen LogP contribution < -0.4 is 0 Å². The first kappa shape index (κ1) is 8.82. The molecular weight excluding hydrogens is 138 g/mol. The number of unbranched alkanes of at least 4 members (excludes halogenated alkanes) is 2. The summed E-state index contributed by atoms with van der Waals surface area (Å²) in [5.41, 5.74) is 0. The summed E-state index contributed by atoms with van der Waals surface area (Å²) in [6.45, 7) is 3.14. The minimum atomic E-state index is 0.586. The predicted molar refractivity (Wildman–Crippen MR) is 43.5 cm³/mol. The van der Waals surface area contributed by atoms with Crippen molar-refractivity contribution in [1.29, 1.82) is 0 Å². The van der Waals surface area contributed by atoms with Gasteiger partial charge in [0.15, 0.2) is 0 Å². The Labute approximate surface area is 55.5 Å². The van der Waals surface area contributed by atoms with E-state index in [0.29, 0.717) is 8.50 Å². The van der Waals surface area contributed by atoms with Crippen molar-refractivity contribution >= 4 is 17.4 Å². The van der Waals surface area contributed by atoms with Gasteiger partial charge < -0.3 is 4.52 Å². The van der Waals surface area contributed by atoms with Gasteiger partial charge in [0.1, 0.15) is 0 Å². The van der Waals surface area contributed by atoms with Crippen molar-refractivity contribution in [2.45, 2.75) is 26.2 Å². The van der Waals surface area contributed by atoms with Gasteiger partial charge >= 0.3 is 0 Å². The van der Waals surface area contributed by atoms with Gasteiger partial charge in [0.05, 0.1) is 6.61 Å². The predicted octanol–water partition coefficient (Wildman–Crippen LogP) is 2.58. The van der Waals surface area contributed by atoms with Crippen LogP contribution in [0.4, 0.5) is 0 Å². The lowest BCUT2D eigenvalue weighted by Crippen LogP contribution is -1.82. The summed E-state index contributed by atoms with van der Waals surface area (Å²) in [7, 11) is 3.16. The fraction of sp³-hybridized carbons (Fsp3) is 1.00. The molecule has 0 amide bonds. The summed E-state index contributed by atoms with van der Waals surface area (Å²) < 4.78 is 5.13. The van der Waals surface area contributed by atoms with E-state index in [2.05, 4.69) is 15.9 Å². The summed E-state index contributed by atoms with van der Waals surface area (Å²) in [4.78, 5) is 0. The zero-order valence-electron chi connectivity index (χ0n) is 5.31. The van der Waals surface area contributed by atoms with Gasteiger partial charge in [-0.15, -0.1) is 0 Å². The quantitative estimate of drug-likeness (QED) is 0.434. The van der Waals surface area contributed by atoms with Crippen LogP contribution in [0.25, 0.3) is 0 Å². The molecule has 0 saturated heterocycles. The van der Waals surface area contributed by atoms with Gasteiger partial charge in [0.2, 0.25) is 0 Å². The molecule has 0 N–H and O–H groups in total. The molecule has 0 aromatic carbocycles. The van der Waals surface area contributed by atoms with Crippen LogP contribution in [0.5, 0.6) is 0 Å². The Morgan fingerprint density at radius 1 is 1.50 bits per heavy atom. The topological polar surface area (TPSA) is 9.23 Å². The summed E-state index contributed by atoms with van der Waals surface area (Å²) in [6, 6.07) is 0. The minimum Gasteiger partial charge on any atom is -0.358 e. The maximum absolute atomic E-state index is 5.13. The molecule has 50 valence electrons. The van der Waals surface area contributed by atoms with E-state index in [-0.39, 0.29) is 0 Å². The zero-order valence-corrected chi connectivity index (χ0v) is 7.47. The standard InChI is InChI=1S/C5H14OP2/c1-2-3-4-5-6-8-7/h8H,2-5,7H2,1H3. The molecule has 0 spiro atoms. The summed E-state index contributed by atoms with van der Waals surface area (Å²) >= 11 is 0. The van der Waals surface area contributed by atoms with E-state index in [4.69, 9.17) is 4.52 Å². The monoisotopic (exact) mass is 152 g/mol. The number of hydrogen-bond acceptors (Lipinski definition) is 1. The van der Waals surface area contributed by atoms with Crippen molar-refractivity contribution in [2.75, 3.05) is 6.61 Å². The molecule has 3 heteroatoms. The molecule has 0 saturated carbocycles. The molecule has 0 aliphatic carbocycles. The Morgan fingerprint density at radius 3 is 2.75 bits per heavy atom. The van der Waals surface area contributed by atoms with Gasteiger partial charge in [-0.3, -0.25) is 0 Å². The highest BCUT2D eigenvalue weighted by Gasteiger charge is 1.82. The van der Waals surface area contributed by atoms with Crippen LogP contribution in [-0.2, 0) is 4.52 Å². The molecular formula is C5H14OP2. The van der Waals surface area contributed by atoms with Crippen molar-refractivity contribution in [3.05, 3.63) is 0 Å². The Morgan fingerprint density at radius 2 is 2.25 bits per heavy atom. The molecule has 2 atom stereocenters. The SMILES string of the molecule is CCCCCOPP. The molecule has 0 bridgehead atoms. The van der Waals surface area contributed by atoms with Gasteiger partial charge in [0.25, 0.3) is 0 Å². The van der Waals surface area contributed by atoms with Crippen LogP contribution in [0.15, 0.2) is 0 Å². The molecule has 1 nitrogen and oxygen atoms in total. The van der Waals surface area contributed by atoms with Crippen LogP contribution in [0.1, 0.15) is 26.2 Å². The molecule has 0 fully saturated rings. The third-order valence-corrected chi connectivity index (χ3v) is 1.80. The molecule has 0 heterocycles. The summed E-state index contributed by atoms with van der Waals surface area (Å²) in [5.74, 6) is 0. The Kier molecular flexibility index (Phi) is 8.62. The van der Waals surface area contributed by atoms with Crippen molar-refractivity contribution in [3.8, 4) is 0 Å². The Hall–Kier alpha value is 0.820. The maximum atomic E-state index is 5.13. The van der Waals surface area contributed by atoms with Gasteiger partial charge in [0, 0.05) is 8.50 Å². The first-order chi connectivity index (χ1) is 3.91. The van der Waals surface area contributed by atoms with E-state index in [0.717, 1.165) is 6.61 Å². The molecule has 0 radical (unpaired) electrons. The second-order valence-corrected chi connectivity index (χ2v) is 2.90. The zero-order chi connectivity index (χ0) is 6.24. The number of hydrogen-bond donors (Lipinski definition) is 0. The Balaban J connectivity index is 2.53. The first-order valence-electron chi connectivity index (χ1n) is 2.99. The molecule has 0 aliphatic heterocycles. The van der Waals surface area contributed by atoms with Gasteiger partial charge in [-0.2, -0.15) is 0 Å². The summed E-state index contributed by atoms with van der Waals surface area (Å²) in [5, 5.41) is 0. The summed E-state index contributed by atoms with van der Waals surface area (Å²) in [6.07, 6.45) is 3.80. The average Bonchev–Trinajstić information content (AvgIpc) is 1.81. The normalized spacial score (nSPS) is 11.2. The van der Waals surface area contributed by atoms with Crippen LogP contribution in [-0.4, -0.2) is 6.61 Å². The smallest absolute Gasteiger partial charge is 0.0509 e. The van der Waals surface area contributed by atoms with Gasteiger partial charge in [-0.1, -0.05) is 28.7 Å². The fourth-order valence-corrected chi connectivity index (χ4v) is 1.10. The van der Waals surface area contributed by atoms with Crippen LogP contribution in [0.2, 0.25) is 0 Å². The fourth-order valence-electron chi connectivity index (χ4n) is 0.483. The Bertz CT molecular complexity index is 35.4. The maximum Gasteiger partial charge on any atom is 0.0509 e. The van der Waals surface area contributed by atoms with Crippen molar-refractivity contribution in [3.63, 3.8) is 0 Å². The van der Waals surface area contributed by atoms with E-state index in [9.17, 15) is 0 Å². The van der Waals surface area contributed by atoms with Crippen molar-refractivity contribution < 1.29 is 4.52 Å². The third kappa shape index (κ3) is 6.82. The van der Waals surface area contributed by atoms with Crippen LogP contribution in [0, 0.1) is 0 Å². The molecule has 0 rings (SSSR count). The largest absolute Gasteiger partial charge is 0.358 e. The molecule has 2 unspecified atom stereocenters. The molecule has 0 aliphatic rings. The van der Waals surface area contributed by atoms with E-state index >= 15 is 0 Å². The molecule has 0 aromatic heterocycles. The van der Waals surface area contributed by atoms with Gasteiger partial charge in [-0.05, 0) is 6.42 Å². The average molecular weight is 152 g/mol. The van der Waals surface area contributed by atoms with Crippen LogP contribution in [0.3, 0.4) is 0 Å². The highest BCUT2D eigenvalue weighted by atomic mass is 32.0. The third-order valence-electron chi connectivity index (χ3n) is 0.933. The van der Waals surface area contributed by atoms with E-state index in [1.165, 1.54) is 19.3 Å². The minimum absolute atomic E-state index is 0.586. The van der Waals surface area contributed by atoms with Gasteiger partial charge in [-0.25, -0.2) is 0 Å². The van der Waals surface area contributed by atoms with E-state index in [1.54, 1.807) is 0 Å². The van der Waals surface area contributed by atoms with Crippen LogP contribution >= 0.6 is 17.4 Å². The molecule has 0 aromatic rings. The lowest BCUT2D eigenvalue weighted by Gasteiger charge is -1.96. The highest BCUT2D eigenvalue weighted by Crippen LogP contribution is 2.21. The molecule has 8 heavy (non-hydrogen) atoms. The van der Waals surface area contributed by atoms with Crippen molar-refractivity contribution in [2.24, 2.45) is 0 Å². The van der Waals surface area contributed by atoms with E-state index < -0.39 is 0 Å². The second kappa shape index (κ2) is 7.82. The van der Waals surface area contributed by atoms with Crippen molar-refractivity contribution in [1.82, 2.24) is 0 Å². The number of rotatable bonds is 5.